The molecule has 1 saturated heterocycles. The Morgan fingerprint density at radius 1 is 1.25 bits per heavy atom. The van der Waals surface area contributed by atoms with Crippen molar-refractivity contribution >= 4 is 46.1 Å². The first kappa shape index (κ1) is 23.4. The van der Waals surface area contributed by atoms with Gasteiger partial charge in [-0.25, -0.2) is 0 Å². The van der Waals surface area contributed by atoms with Crippen molar-refractivity contribution in [2.45, 2.75) is 33.7 Å². The average Bonchev–Trinajstić information content (AvgIpc) is 3.00. The van der Waals surface area contributed by atoms with E-state index in [1.165, 1.54) is 11.8 Å². The van der Waals surface area contributed by atoms with Crippen molar-refractivity contribution in [3.63, 3.8) is 0 Å². The predicted octanol–water partition coefficient (Wildman–Crippen LogP) is 3.54. The number of benzene rings is 1. The molecule has 164 valence electrons. The molecule has 32 heavy (non-hydrogen) atoms. The van der Waals surface area contributed by atoms with Crippen LogP contribution in [0.3, 0.4) is 0 Å². The third kappa shape index (κ3) is 4.38. The summed E-state index contributed by atoms with van der Waals surface area (Å²) in [5.74, 6) is -1.51. The smallest absolute Gasteiger partial charge is 0.271 e. The summed E-state index contributed by atoms with van der Waals surface area (Å²) in [7, 11) is 0. The van der Waals surface area contributed by atoms with Crippen molar-refractivity contribution in [2.75, 3.05) is 6.54 Å². The van der Waals surface area contributed by atoms with Gasteiger partial charge in [-0.3, -0.25) is 23.9 Å². The molecule has 0 spiro atoms. The van der Waals surface area contributed by atoms with E-state index in [4.69, 9.17) is 12.2 Å². The quantitative estimate of drug-likeness (QED) is 0.394. The highest BCUT2D eigenvalue weighted by atomic mass is 32.2. The molecule has 1 fully saturated rings. The molecule has 2 aromatic rings. The van der Waals surface area contributed by atoms with Crippen LogP contribution in [-0.4, -0.2) is 37.1 Å². The highest BCUT2D eigenvalue weighted by Crippen LogP contribution is 2.33. The maximum Gasteiger partial charge on any atom is 0.271 e. The topological polar surface area (TPSA) is 103 Å². The second kappa shape index (κ2) is 9.51. The number of pyridine rings is 1. The Balaban J connectivity index is 1.94. The number of hydrogen-bond donors (Lipinski definition) is 1. The van der Waals surface area contributed by atoms with Crippen LogP contribution in [0.2, 0.25) is 0 Å². The van der Waals surface area contributed by atoms with Gasteiger partial charge in [-0.2, -0.15) is 5.26 Å². The molecule has 9 heteroatoms. The zero-order valence-electron chi connectivity index (χ0n) is 17.8. The molecule has 1 aliphatic rings. The van der Waals surface area contributed by atoms with Crippen LogP contribution in [0.1, 0.15) is 46.0 Å². The van der Waals surface area contributed by atoms with E-state index in [1.807, 2.05) is 37.3 Å². The fourth-order valence-corrected chi connectivity index (χ4v) is 4.64. The number of nitrogens with zero attached hydrogens (tertiary/aromatic N) is 3. The molecule has 7 nitrogen and oxygen atoms in total. The van der Waals surface area contributed by atoms with E-state index in [1.54, 1.807) is 13.0 Å². The van der Waals surface area contributed by atoms with Gasteiger partial charge in [-0.1, -0.05) is 60.7 Å². The van der Waals surface area contributed by atoms with Crippen LogP contribution in [-0.2, 0) is 11.3 Å². The summed E-state index contributed by atoms with van der Waals surface area (Å²) >= 11 is 6.40. The molecule has 1 N–H and O–H groups in total. The summed E-state index contributed by atoms with van der Waals surface area (Å²) in [4.78, 5) is 40.0. The number of carbonyl (C=O) groups excluding carboxylic acids is 2. The van der Waals surface area contributed by atoms with Crippen molar-refractivity contribution in [2.24, 2.45) is 0 Å². The van der Waals surface area contributed by atoms with Crippen molar-refractivity contribution in [1.82, 2.24) is 9.47 Å². The zero-order valence-corrected chi connectivity index (χ0v) is 19.5. The minimum Gasteiger partial charge on any atom is -0.494 e. The monoisotopic (exact) mass is 467 g/mol. The second-order valence-corrected chi connectivity index (χ2v) is 9.04. The first-order valence-electron chi connectivity index (χ1n) is 9.91. The van der Waals surface area contributed by atoms with Gasteiger partial charge in [0.15, 0.2) is 5.78 Å². The molecular formula is C23H21N3O4S2. The Morgan fingerprint density at radius 2 is 1.91 bits per heavy atom. The fourth-order valence-electron chi connectivity index (χ4n) is 3.39. The Morgan fingerprint density at radius 3 is 2.50 bits per heavy atom. The molecule has 0 atom stereocenters. The fraction of sp³-hybridized carbons (Fsp3) is 0.261. The lowest BCUT2D eigenvalue weighted by Crippen LogP contribution is -2.35. The molecule has 3 rings (SSSR count). The number of aryl methyl sites for hydroxylation is 1. The first-order valence-corrected chi connectivity index (χ1v) is 11.1. The number of rotatable bonds is 6. The molecule has 1 aromatic heterocycles. The molecule has 0 aliphatic carbocycles. The summed E-state index contributed by atoms with van der Waals surface area (Å²) in [5.41, 5.74) is 1.02. The summed E-state index contributed by atoms with van der Waals surface area (Å²) in [5, 5.41) is 20.0. The van der Waals surface area contributed by atoms with E-state index >= 15 is 0 Å². The van der Waals surface area contributed by atoms with Crippen LogP contribution in [0.5, 0.6) is 5.88 Å². The number of ketones is 1. The number of amides is 1. The first-order chi connectivity index (χ1) is 15.2. The summed E-state index contributed by atoms with van der Waals surface area (Å²) in [6.07, 6.45) is 2.23. The highest BCUT2D eigenvalue weighted by molar-refractivity contribution is 8.26. The lowest BCUT2D eigenvalue weighted by atomic mass is 10.0. The van der Waals surface area contributed by atoms with Crippen molar-refractivity contribution in [1.29, 1.82) is 5.26 Å². The maximum atomic E-state index is 13.1. The summed E-state index contributed by atoms with van der Waals surface area (Å²) in [6, 6.07) is 9.45. The number of hydrogen-bond acceptors (Lipinski definition) is 7. The molecule has 0 unspecified atom stereocenters. The van der Waals surface area contributed by atoms with Gasteiger partial charge < -0.3 is 5.11 Å². The molecule has 0 saturated carbocycles. The van der Waals surface area contributed by atoms with E-state index in [0.717, 1.165) is 27.5 Å². The van der Waals surface area contributed by atoms with Crippen LogP contribution < -0.4 is 5.56 Å². The number of aromatic hydroxyl groups is 1. The van der Waals surface area contributed by atoms with Gasteiger partial charge in [-0.15, -0.1) is 0 Å². The highest BCUT2D eigenvalue weighted by Gasteiger charge is 2.35. The van der Waals surface area contributed by atoms with E-state index in [0.29, 0.717) is 11.3 Å². The van der Waals surface area contributed by atoms with E-state index in [9.17, 15) is 24.8 Å². The standard InChI is InChI=1S/C23H21N3O4S2/c1-4-9-25-20(28)16(11-24)14(3)19(22(25)30)17(27)12-26-21(29)18(32-23(26)31)10-15-7-5-13(2)6-8-15/h5-8,10,30H,4,9,12H2,1-3H3/b18-10-. The average molecular weight is 468 g/mol. The molecular weight excluding hydrogens is 446 g/mol. The summed E-state index contributed by atoms with van der Waals surface area (Å²) < 4.78 is 1.24. The van der Waals surface area contributed by atoms with E-state index in [2.05, 4.69) is 0 Å². The van der Waals surface area contributed by atoms with Gasteiger partial charge in [0.05, 0.1) is 17.0 Å². The molecule has 0 bridgehead atoms. The van der Waals surface area contributed by atoms with Crippen LogP contribution in [0.25, 0.3) is 6.08 Å². The number of aromatic nitrogens is 1. The number of thioether (sulfide) groups is 1. The largest absolute Gasteiger partial charge is 0.494 e. The van der Waals surface area contributed by atoms with Crippen LogP contribution in [0.15, 0.2) is 34.0 Å². The molecule has 1 aromatic carbocycles. The van der Waals surface area contributed by atoms with Crippen LogP contribution >= 0.6 is 24.0 Å². The minimum absolute atomic E-state index is 0.0907. The van der Waals surface area contributed by atoms with Gasteiger partial charge >= 0.3 is 0 Å². The zero-order chi connectivity index (χ0) is 23.6. The van der Waals surface area contributed by atoms with Crippen molar-refractivity contribution < 1.29 is 14.7 Å². The van der Waals surface area contributed by atoms with Crippen molar-refractivity contribution in [3.8, 4) is 11.9 Å². The van der Waals surface area contributed by atoms with E-state index < -0.39 is 29.7 Å². The molecule has 1 aliphatic heterocycles. The molecule has 1 amide bonds. The van der Waals surface area contributed by atoms with Gasteiger partial charge in [0.1, 0.15) is 16.0 Å². The lowest BCUT2D eigenvalue weighted by molar-refractivity contribution is -0.121. The Kier molecular flexibility index (Phi) is 6.96. The molecule has 0 radical (unpaired) electrons. The normalized spacial score (nSPS) is 14.8. The Labute approximate surface area is 195 Å². The van der Waals surface area contributed by atoms with Crippen molar-refractivity contribution in [3.05, 3.63) is 67.3 Å². The Hall–Kier alpha value is -3.22. The predicted molar refractivity (Wildman–Crippen MR) is 127 cm³/mol. The third-order valence-corrected chi connectivity index (χ3v) is 6.45. The van der Waals surface area contributed by atoms with Gasteiger partial charge in [0.25, 0.3) is 11.5 Å². The van der Waals surface area contributed by atoms with Crippen LogP contribution in [0, 0.1) is 25.2 Å². The van der Waals surface area contributed by atoms with Gasteiger partial charge in [0, 0.05) is 6.54 Å². The van der Waals surface area contributed by atoms with Crippen LogP contribution in [0.4, 0.5) is 0 Å². The van der Waals surface area contributed by atoms with Gasteiger partial charge in [-0.05, 0) is 37.5 Å². The second-order valence-electron chi connectivity index (χ2n) is 7.37. The minimum atomic E-state index is -0.646. The molecule has 2 heterocycles. The number of Topliss-reactive ketones (excluding diaryl/α,β-unsaturated/α-hetero) is 1. The number of carbonyl (C=O) groups is 2. The van der Waals surface area contributed by atoms with E-state index in [-0.39, 0.29) is 27.6 Å². The third-order valence-electron chi connectivity index (χ3n) is 5.08. The number of thiocarbonyl (C=S) groups is 1. The number of nitriles is 1. The van der Waals surface area contributed by atoms with Gasteiger partial charge in [0.2, 0.25) is 5.88 Å². The maximum absolute atomic E-state index is 13.1. The Bertz CT molecular complexity index is 1250. The summed E-state index contributed by atoms with van der Waals surface area (Å²) in [6.45, 7) is 4.96. The SMILES string of the molecule is CCCn1c(O)c(C(=O)CN2C(=O)/C(=C/c3ccc(C)cc3)SC2=S)c(C)c(C#N)c1=O. The lowest BCUT2D eigenvalue weighted by Gasteiger charge is -2.18.